The van der Waals surface area contributed by atoms with Crippen LogP contribution in [0.3, 0.4) is 0 Å². The van der Waals surface area contributed by atoms with Crippen LogP contribution in [0, 0.1) is 11.5 Å². The standard InChI is InChI=1S/C11H12N2O2/c1-3-15-10-7-5-4-6-9(10)11(14)13(2)8-12/h4-7H,3H2,1-2H3. The molecule has 0 aliphatic heterocycles. The molecule has 0 atom stereocenters. The molecular weight excluding hydrogens is 192 g/mol. The molecule has 0 spiro atoms. The fourth-order valence-corrected chi connectivity index (χ4v) is 1.15. The molecule has 1 aromatic carbocycles. The summed E-state index contributed by atoms with van der Waals surface area (Å²) in [6.45, 7) is 2.33. The molecule has 4 nitrogen and oxygen atoms in total. The van der Waals surface area contributed by atoms with Crippen molar-refractivity contribution < 1.29 is 9.53 Å². The Morgan fingerprint density at radius 2 is 2.20 bits per heavy atom. The Morgan fingerprint density at radius 3 is 2.80 bits per heavy atom. The van der Waals surface area contributed by atoms with Crippen LogP contribution in [0.1, 0.15) is 17.3 Å². The zero-order chi connectivity index (χ0) is 11.3. The number of nitrogens with zero attached hydrogens (tertiary/aromatic N) is 2. The third kappa shape index (κ3) is 2.47. The molecule has 1 aromatic rings. The van der Waals surface area contributed by atoms with Crippen molar-refractivity contribution in [2.45, 2.75) is 6.92 Å². The van der Waals surface area contributed by atoms with E-state index in [1.54, 1.807) is 30.5 Å². The zero-order valence-electron chi connectivity index (χ0n) is 8.73. The maximum atomic E-state index is 11.7. The van der Waals surface area contributed by atoms with E-state index in [9.17, 15) is 4.79 Å². The lowest BCUT2D eigenvalue weighted by molar-refractivity contribution is 0.0854. The summed E-state index contributed by atoms with van der Waals surface area (Å²) in [4.78, 5) is 12.7. The van der Waals surface area contributed by atoms with Gasteiger partial charge >= 0.3 is 0 Å². The lowest BCUT2D eigenvalue weighted by Gasteiger charge is -2.11. The van der Waals surface area contributed by atoms with Crippen molar-refractivity contribution in [3.63, 3.8) is 0 Å². The van der Waals surface area contributed by atoms with Crippen molar-refractivity contribution in [3.05, 3.63) is 29.8 Å². The predicted molar refractivity (Wildman–Crippen MR) is 55.3 cm³/mol. The molecule has 0 aromatic heterocycles. The molecule has 0 heterocycles. The van der Waals surface area contributed by atoms with Crippen LogP contribution < -0.4 is 4.74 Å². The number of nitriles is 1. The van der Waals surface area contributed by atoms with Crippen molar-refractivity contribution in [1.82, 2.24) is 4.90 Å². The molecule has 0 unspecified atom stereocenters. The Balaban J connectivity index is 3.03. The van der Waals surface area contributed by atoms with Gasteiger partial charge in [0.1, 0.15) is 5.75 Å². The molecule has 1 rings (SSSR count). The van der Waals surface area contributed by atoms with E-state index in [4.69, 9.17) is 10.00 Å². The van der Waals surface area contributed by atoms with Crippen molar-refractivity contribution in [2.24, 2.45) is 0 Å². The second kappa shape index (κ2) is 5.01. The number of carbonyl (C=O) groups is 1. The predicted octanol–water partition coefficient (Wildman–Crippen LogP) is 1.64. The largest absolute Gasteiger partial charge is 0.493 e. The van der Waals surface area contributed by atoms with E-state index in [0.29, 0.717) is 17.9 Å². The minimum atomic E-state index is -0.360. The molecule has 0 aliphatic rings. The van der Waals surface area contributed by atoms with Crippen LogP contribution in [0.2, 0.25) is 0 Å². The number of hydrogen-bond donors (Lipinski definition) is 0. The highest BCUT2D eigenvalue weighted by Crippen LogP contribution is 2.19. The van der Waals surface area contributed by atoms with Crippen molar-refractivity contribution in [2.75, 3.05) is 13.7 Å². The number of hydrogen-bond acceptors (Lipinski definition) is 3. The maximum absolute atomic E-state index is 11.7. The van der Waals surface area contributed by atoms with E-state index in [1.807, 2.05) is 6.92 Å². The highest BCUT2D eigenvalue weighted by molar-refractivity contribution is 5.97. The molecule has 0 N–H and O–H groups in total. The van der Waals surface area contributed by atoms with Crippen molar-refractivity contribution in [1.29, 1.82) is 5.26 Å². The second-order valence-corrected chi connectivity index (χ2v) is 2.89. The van der Waals surface area contributed by atoms with Gasteiger partial charge in [-0.25, -0.2) is 4.90 Å². The summed E-state index contributed by atoms with van der Waals surface area (Å²) in [6, 6.07) is 6.87. The molecule has 0 aliphatic carbocycles. The zero-order valence-corrected chi connectivity index (χ0v) is 8.73. The minimum Gasteiger partial charge on any atom is -0.493 e. The maximum Gasteiger partial charge on any atom is 0.270 e. The fourth-order valence-electron chi connectivity index (χ4n) is 1.15. The molecule has 0 fully saturated rings. The van der Waals surface area contributed by atoms with Crippen molar-refractivity contribution >= 4 is 5.91 Å². The molecule has 0 saturated carbocycles. The Kier molecular flexibility index (Phi) is 3.69. The highest BCUT2D eigenvalue weighted by Gasteiger charge is 2.15. The summed E-state index contributed by atoms with van der Waals surface area (Å²) >= 11 is 0. The van der Waals surface area contributed by atoms with Gasteiger partial charge in [-0.3, -0.25) is 4.79 Å². The van der Waals surface area contributed by atoms with E-state index in [2.05, 4.69) is 0 Å². The summed E-state index contributed by atoms with van der Waals surface area (Å²) in [6.07, 6.45) is 1.76. The number of rotatable bonds is 3. The number of ether oxygens (including phenoxy) is 1. The van der Waals surface area contributed by atoms with Crippen molar-refractivity contribution in [3.8, 4) is 11.9 Å². The number of carbonyl (C=O) groups excluding carboxylic acids is 1. The van der Waals surface area contributed by atoms with Crippen LogP contribution >= 0.6 is 0 Å². The van der Waals surface area contributed by atoms with Gasteiger partial charge in [-0.05, 0) is 19.1 Å². The van der Waals surface area contributed by atoms with Gasteiger partial charge in [-0.2, -0.15) is 5.26 Å². The third-order valence-corrected chi connectivity index (χ3v) is 1.87. The SMILES string of the molecule is CCOc1ccccc1C(=O)N(C)C#N. The topological polar surface area (TPSA) is 53.3 Å². The van der Waals surface area contributed by atoms with Gasteiger partial charge in [0.2, 0.25) is 0 Å². The first-order valence-corrected chi connectivity index (χ1v) is 4.60. The summed E-state index contributed by atoms with van der Waals surface area (Å²) in [5.41, 5.74) is 0.406. The molecule has 0 radical (unpaired) electrons. The highest BCUT2D eigenvalue weighted by atomic mass is 16.5. The van der Waals surface area contributed by atoms with Crippen LogP contribution in [0.4, 0.5) is 0 Å². The van der Waals surface area contributed by atoms with Gasteiger partial charge in [0.15, 0.2) is 6.19 Å². The van der Waals surface area contributed by atoms with Crippen LogP contribution in [0.5, 0.6) is 5.75 Å². The second-order valence-electron chi connectivity index (χ2n) is 2.89. The summed E-state index contributed by atoms with van der Waals surface area (Å²) in [5, 5.41) is 8.60. The summed E-state index contributed by atoms with van der Waals surface area (Å²) < 4.78 is 5.30. The fraction of sp³-hybridized carbons (Fsp3) is 0.273. The van der Waals surface area contributed by atoms with E-state index < -0.39 is 0 Å². The third-order valence-electron chi connectivity index (χ3n) is 1.87. The van der Waals surface area contributed by atoms with Gasteiger partial charge in [0.05, 0.1) is 12.2 Å². The monoisotopic (exact) mass is 204 g/mol. The minimum absolute atomic E-state index is 0.360. The first-order chi connectivity index (χ1) is 7.20. The van der Waals surface area contributed by atoms with Crippen LogP contribution in [-0.2, 0) is 0 Å². The average molecular weight is 204 g/mol. The van der Waals surface area contributed by atoms with Crippen LogP contribution in [-0.4, -0.2) is 24.5 Å². The Bertz CT molecular complexity index is 396. The van der Waals surface area contributed by atoms with Crippen LogP contribution in [0.25, 0.3) is 0 Å². The number of benzene rings is 1. The summed E-state index contributed by atoms with van der Waals surface area (Å²) in [5.74, 6) is 0.147. The lowest BCUT2D eigenvalue weighted by atomic mass is 10.2. The van der Waals surface area contributed by atoms with Gasteiger partial charge in [0.25, 0.3) is 5.91 Å². The molecule has 78 valence electrons. The molecule has 15 heavy (non-hydrogen) atoms. The van der Waals surface area contributed by atoms with Crippen LogP contribution in [0.15, 0.2) is 24.3 Å². The number of para-hydroxylation sites is 1. The van der Waals surface area contributed by atoms with Gasteiger partial charge < -0.3 is 4.74 Å². The lowest BCUT2D eigenvalue weighted by Crippen LogP contribution is -2.21. The average Bonchev–Trinajstić information content (AvgIpc) is 2.28. The van der Waals surface area contributed by atoms with E-state index >= 15 is 0 Å². The molecular formula is C11H12N2O2. The Morgan fingerprint density at radius 1 is 1.53 bits per heavy atom. The quantitative estimate of drug-likeness (QED) is 0.555. The van der Waals surface area contributed by atoms with Gasteiger partial charge in [0, 0.05) is 7.05 Å². The smallest absolute Gasteiger partial charge is 0.270 e. The van der Waals surface area contributed by atoms with E-state index in [1.165, 1.54) is 7.05 Å². The first kappa shape index (κ1) is 11.1. The Labute approximate surface area is 88.7 Å². The van der Waals surface area contributed by atoms with Gasteiger partial charge in [-0.15, -0.1) is 0 Å². The van der Waals surface area contributed by atoms with Gasteiger partial charge in [-0.1, -0.05) is 12.1 Å². The molecule has 0 saturated heterocycles. The Hall–Kier alpha value is -2.02. The van der Waals surface area contributed by atoms with E-state index in [0.717, 1.165) is 4.90 Å². The molecule has 1 amide bonds. The first-order valence-electron chi connectivity index (χ1n) is 4.60. The molecule has 0 bridgehead atoms. The van der Waals surface area contributed by atoms with E-state index in [-0.39, 0.29) is 5.91 Å². The normalized spacial score (nSPS) is 9.13. The molecule has 4 heteroatoms. The number of amides is 1. The summed E-state index contributed by atoms with van der Waals surface area (Å²) in [7, 11) is 1.42.